The molecule has 0 bridgehead atoms. The number of nitrogens with one attached hydrogen (secondary N) is 1. The standard InChI is InChI=1S/C8H15NO3S/c10-7-9-13(11,12)6-8-4-2-1-3-5-8/h7-8H,1-6H2,(H,9,10). The first kappa shape index (κ1) is 10.5. The van der Waals surface area contributed by atoms with Gasteiger partial charge in [-0.3, -0.25) is 9.52 Å². The van der Waals surface area contributed by atoms with Crippen molar-refractivity contribution in [3.63, 3.8) is 0 Å². The van der Waals surface area contributed by atoms with Crippen LogP contribution in [-0.2, 0) is 14.8 Å². The van der Waals surface area contributed by atoms with Gasteiger partial charge >= 0.3 is 0 Å². The molecule has 1 fully saturated rings. The molecule has 0 aliphatic heterocycles. The van der Waals surface area contributed by atoms with E-state index in [4.69, 9.17) is 0 Å². The molecule has 0 atom stereocenters. The Bertz CT molecular complexity index is 255. The smallest absolute Gasteiger partial charge is 0.234 e. The third-order valence-corrected chi connectivity index (χ3v) is 3.77. The van der Waals surface area contributed by atoms with Gasteiger partial charge in [-0.25, -0.2) is 8.42 Å². The predicted molar refractivity (Wildman–Crippen MR) is 49.6 cm³/mol. The molecule has 13 heavy (non-hydrogen) atoms. The monoisotopic (exact) mass is 205 g/mol. The second kappa shape index (κ2) is 4.60. The highest BCUT2D eigenvalue weighted by Gasteiger charge is 2.20. The zero-order chi connectivity index (χ0) is 9.73. The van der Waals surface area contributed by atoms with E-state index in [1.54, 1.807) is 0 Å². The second-order valence-corrected chi connectivity index (χ2v) is 5.32. The number of amides is 1. The number of carbonyl (C=O) groups is 1. The second-order valence-electron chi connectivity index (χ2n) is 3.52. The molecule has 0 unspecified atom stereocenters. The zero-order valence-corrected chi connectivity index (χ0v) is 8.35. The summed E-state index contributed by atoms with van der Waals surface area (Å²) in [7, 11) is -3.35. The Kier molecular flexibility index (Phi) is 3.71. The molecule has 1 aliphatic carbocycles. The number of sulfonamides is 1. The summed E-state index contributed by atoms with van der Waals surface area (Å²) in [4.78, 5) is 9.97. The number of carbonyl (C=O) groups excluding carboxylic acids is 1. The van der Waals surface area contributed by atoms with E-state index in [9.17, 15) is 13.2 Å². The fourth-order valence-electron chi connectivity index (χ4n) is 1.79. The summed E-state index contributed by atoms with van der Waals surface area (Å²) in [6.07, 6.45) is 5.61. The maximum Gasteiger partial charge on any atom is 0.234 e. The van der Waals surface area contributed by atoms with Crippen LogP contribution < -0.4 is 4.72 Å². The van der Waals surface area contributed by atoms with Gasteiger partial charge in [0.2, 0.25) is 16.4 Å². The number of rotatable bonds is 4. The third kappa shape index (κ3) is 3.76. The van der Waals surface area contributed by atoms with Crippen LogP contribution >= 0.6 is 0 Å². The first-order valence-electron chi connectivity index (χ1n) is 4.58. The first-order valence-corrected chi connectivity index (χ1v) is 6.23. The van der Waals surface area contributed by atoms with E-state index >= 15 is 0 Å². The van der Waals surface area contributed by atoms with Crippen molar-refractivity contribution < 1.29 is 13.2 Å². The molecule has 0 spiro atoms. The average Bonchev–Trinajstić information content (AvgIpc) is 2.04. The Morgan fingerprint density at radius 1 is 1.23 bits per heavy atom. The van der Waals surface area contributed by atoms with E-state index in [2.05, 4.69) is 0 Å². The van der Waals surface area contributed by atoms with E-state index in [-0.39, 0.29) is 18.1 Å². The number of hydrogen-bond donors (Lipinski definition) is 1. The maximum absolute atomic E-state index is 11.2. The van der Waals surface area contributed by atoms with E-state index < -0.39 is 10.0 Å². The molecule has 0 aromatic carbocycles. The SMILES string of the molecule is O=CNS(=O)(=O)CC1CCCCC1. The zero-order valence-electron chi connectivity index (χ0n) is 7.53. The molecule has 4 nitrogen and oxygen atoms in total. The maximum atomic E-state index is 11.2. The van der Waals surface area contributed by atoms with Gasteiger partial charge in [-0.05, 0) is 18.8 Å². The lowest BCUT2D eigenvalue weighted by molar-refractivity contribution is -0.108. The van der Waals surface area contributed by atoms with Crippen LogP contribution in [0.5, 0.6) is 0 Å². The molecular formula is C8H15NO3S. The fraction of sp³-hybridized carbons (Fsp3) is 0.875. The van der Waals surface area contributed by atoms with Crippen LogP contribution in [0.3, 0.4) is 0 Å². The van der Waals surface area contributed by atoms with E-state index in [1.165, 1.54) is 6.42 Å². The molecule has 0 aromatic heterocycles. The summed E-state index contributed by atoms with van der Waals surface area (Å²) in [5.74, 6) is 0.345. The van der Waals surface area contributed by atoms with Gasteiger partial charge in [-0.2, -0.15) is 0 Å². The van der Waals surface area contributed by atoms with Gasteiger partial charge in [0.05, 0.1) is 5.75 Å². The van der Waals surface area contributed by atoms with Gasteiger partial charge in [0.15, 0.2) is 0 Å². The van der Waals surface area contributed by atoms with Gasteiger partial charge in [-0.1, -0.05) is 19.3 Å². The highest BCUT2D eigenvalue weighted by molar-refractivity contribution is 7.89. The average molecular weight is 205 g/mol. The van der Waals surface area contributed by atoms with Gasteiger partial charge in [0.1, 0.15) is 0 Å². The molecule has 1 rings (SSSR count). The summed E-state index contributed by atoms with van der Waals surface area (Å²) < 4.78 is 24.2. The van der Waals surface area contributed by atoms with Crippen molar-refractivity contribution in [1.82, 2.24) is 4.72 Å². The van der Waals surface area contributed by atoms with Crippen LogP contribution in [0.4, 0.5) is 0 Å². The lowest BCUT2D eigenvalue weighted by Gasteiger charge is -2.20. The van der Waals surface area contributed by atoms with Gasteiger partial charge in [0, 0.05) is 0 Å². The van der Waals surface area contributed by atoms with E-state index in [0.717, 1.165) is 25.7 Å². The van der Waals surface area contributed by atoms with Crippen molar-refractivity contribution in [2.45, 2.75) is 32.1 Å². The molecule has 0 radical (unpaired) electrons. The quantitative estimate of drug-likeness (QED) is 0.685. The lowest BCUT2D eigenvalue weighted by atomic mass is 9.91. The summed E-state index contributed by atoms with van der Waals surface area (Å²) in [6, 6.07) is 0. The molecule has 0 aromatic rings. The highest BCUT2D eigenvalue weighted by Crippen LogP contribution is 2.24. The van der Waals surface area contributed by atoms with Gasteiger partial charge in [-0.15, -0.1) is 0 Å². The minimum absolute atomic E-state index is 0.103. The lowest BCUT2D eigenvalue weighted by Crippen LogP contribution is -2.29. The van der Waals surface area contributed by atoms with E-state index in [0.29, 0.717) is 0 Å². The molecular weight excluding hydrogens is 190 g/mol. The van der Waals surface area contributed by atoms with Crippen LogP contribution in [0.15, 0.2) is 0 Å². The fourth-order valence-corrected chi connectivity index (χ4v) is 2.98. The summed E-state index contributed by atoms with van der Waals surface area (Å²) >= 11 is 0. The molecule has 76 valence electrons. The van der Waals surface area contributed by atoms with Crippen LogP contribution in [0.2, 0.25) is 0 Å². The van der Waals surface area contributed by atoms with Crippen LogP contribution in [0.1, 0.15) is 32.1 Å². The summed E-state index contributed by atoms with van der Waals surface area (Å²) in [5, 5.41) is 0. The molecule has 1 saturated carbocycles. The molecule has 0 heterocycles. The van der Waals surface area contributed by atoms with Crippen molar-refractivity contribution in [2.75, 3.05) is 5.75 Å². The van der Waals surface area contributed by atoms with Crippen LogP contribution in [0, 0.1) is 5.92 Å². The predicted octanol–water partition coefficient (Wildman–Crippen LogP) is 0.642. The first-order chi connectivity index (χ1) is 6.14. The van der Waals surface area contributed by atoms with Crippen molar-refractivity contribution in [1.29, 1.82) is 0 Å². The number of hydrogen-bond acceptors (Lipinski definition) is 3. The largest absolute Gasteiger partial charge is 0.278 e. The Hall–Kier alpha value is -0.580. The molecule has 0 saturated heterocycles. The Morgan fingerprint density at radius 3 is 2.38 bits per heavy atom. The minimum Gasteiger partial charge on any atom is -0.278 e. The Balaban J connectivity index is 2.41. The van der Waals surface area contributed by atoms with Crippen LogP contribution in [0.25, 0.3) is 0 Å². The van der Waals surface area contributed by atoms with Crippen molar-refractivity contribution in [3.8, 4) is 0 Å². The molecule has 5 heteroatoms. The van der Waals surface area contributed by atoms with Gasteiger partial charge < -0.3 is 0 Å². The Labute approximate surface area is 78.8 Å². The highest BCUT2D eigenvalue weighted by atomic mass is 32.2. The van der Waals surface area contributed by atoms with E-state index in [1.807, 2.05) is 4.72 Å². The Morgan fingerprint density at radius 2 is 1.85 bits per heavy atom. The molecule has 1 N–H and O–H groups in total. The van der Waals surface area contributed by atoms with Crippen LogP contribution in [-0.4, -0.2) is 20.6 Å². The summed E-state index contributed by atoms with van der Waals surface area (Å²) in [5.41, 5.74) is 0. The topological polar surface area (TPSA) is 63.2 Å². The minimum atomic E-state index is -3.35. The van der Waals surface area contributed by atoms with Gasteiger partial charge in [0.25, 0.3) is 0 Å². The normalized spacial score (nSPS) is 19.7. The van der Waals surface area contributed by atoms with Crippen molar-refractivity contribution in [3.05, 3.63) is 0 Å². The summed E-state index contributed by atoms with van der Waals surface area (Å²) in [6.45, 7) is 0. The molecule has 1 aliphatic rings. The van der Waals surface area contributed by atoms with Crippen molar-refractivity contribution >= 4 is 16.4 Å². The molecule has 1 amide bonds. The van der Waals surface area contributed by atoms with Crippen molar-refractivity contribution in [2.24, 2.45) is 5.92 Å². The third-order valence-electron chi connectivity index (χ3n) is 2.41.